The van der Waals surface area contributed by atoms with E-state index in [0.29, 0.717) is 25.3 Å². The molecule has 0 saturated carbocycles. The Bertz CT molecular complexity index is 958. The van der Waals surface area contributed by atoms with Crippen LogP contribution in [0, 0.1) is 0 Å². The quantitative estimate of drug-likeness (QED) is 0.575. The molecule has 2 amide bonds. The average molecular weight is 442 g/mol. The van der Waals surface area contributed by atoms with E-state index >= 15 is 0 Å². The Morgan fingerprint density at radius 2 is 1.69 bits per heavy atom. The van der Waals surface area contributed by atoms with Crippen molar-refractivity contribution >= 4 is 23.1 Å². The van der Waals surface area contributed by atoms with Crippen LogP contribution in [0.5, 0.6) is 0 Å². The van der Waals surface area contributed by atoms with Crippen LogP contribution >= 0.6 is 0 Å². The molecule has 1 heterocycles. The van der Waals surface area contributed by atoms with Gasteiger partial charge in [0.25, 0.3) is 6.43 Å². The average Bonchev–Trinajstić information content (AvgIpc) is 3.29. The molecule has 0 N–H and O–H groups in total. The van der Waals surface area contributed by atoms with Gasteiger partial charge < -0.3 is 9.80 Å². The summed E-state index contributed by atoms with van der Waals surface area (Å²) in [4.78, 5) is 19.0. The Balaban J connectivity index is 1.76. The fraction of sp³-hybridized carbons (Fsp3) is 0.375. The SMILES string of the molecule is CCN(CCN(C)C)C(=O)N(Cc1ccc(C2=NN=C(C(F)F)C2)cc1)c1ccccc1. The first-order chi connectivity index (χ1) is 15.4. The zero-order chi connectivity index (χ0) is 23.1. The number of amides is 2. The maximum atomic E-state index is 13.4. The Labute approximate surface area is 187 Å². The fourth-order valence-electron chi connectivity index (χ4n) is 3.39. The topological polar surface area (TPSA) is 51.5 Å². The highest BCUT2D eigenvalue weighted by Gasteiger charge is 2.23. The van der Waals surface area contributed by atoms with Crippen molar-refractivity contribution in [3.8, 4) is 0 Å². The Morgan fingerprint density at radius 1 is 1.00 bits per heavy atom. The van der Waals surface area contributed by atoms with E-state index in [1.807, 2.05) is 80.5 Å². The van der Waals surface area contributed by atoms with Crippen molar-refractivity contribution in [2.75, 3.05) is 38.6 Å². The van der Waals surface area contributed by atoms with Crippen molar-refractivity contribution in [2.24, 2.45) is 10.2 Å². The van der Waals surface area contributed by atoms with Gasteiger partial charge in [-0.2, -0.15) is 10.2 Å². The van der Waals surface area contributed by atoms with Gasteiger partial charge in [-0.15, -0.1) is 0 Å². The largest absolute Gasteiger partial charge is 0.324 e. The molecule has 0 unspecified atom stereocenters. The summed E-state index contributed by atoms with van der Waals surface area (Å²) in [6.07, 6.45) is -2.53. The summed E-state index contributed by atoms with van der Waals surface area (Å²) in [6.45, 7) is 4.40. The first-order valence-corrected chi connectivity index (χ1v) is 10.7. The van der Waals surface area contributed by atoms with Gasteiger partial charge in [-0.1, -0.05) is 42.5 Å². The van der Waals surface area contributed by atoms with E-state index < -0.39 is 6.43 Å². The lowest BCUT2D eigenvalue weighted by Crippen LogP contribution is -2.45. The summed E-state index contributed by atoms with van der Waals surface area (Å²) in [6, 6.07) is 17.0. The van der Waals surface area contributed by atoms with E-state index in [9.17, 15) is 13.6 Å². The highest BCUT2D eigenvalue weighted by Crippen LogP contribution is 2.21. The predicted octanol–water partition coefficient (Wildman–Crippen LogP) is 4.51. The molecule has 0 aromatic heterocycles. The smallest absolute Gasteiger partial charge is 0.323 e. The number of carbonyl (C=O) groups excluding carboxylic acids is 1. The van der Waals surface area contributed by atoms with E-state index in [-0.39, 0.29) is 18.2 Å². The molecule has 3 rings (SSSR count). The third kappa shape index (κ3) is 5.97. The third-order valence-corrected chi connectivity index (χ3v) is 5.30. The van der Waals surface area contributed by atoms with E-state index in [2.05, 4.69) is 15.1 Å². The van der Waals surface area contributed by atoms with E-state index in [1.165, 1.54) is 0 Å². The molecular weight excluding hydrogens is 412 g/mol. The number of benzene rings is 2. The van der Waals surface area contributed by atoms with Gasteiger partial charge in [0.15, 0.2) is 0 Å². The molecule has 32 heavy (non-hydrogen) atoms. The summed E-state index contributed by atoms with van der Waals surface area (Å²) in [5, 5.41) is 7.47. The number of para-hydroxylation sites is 1. The summed E-state index contributed by atoms with van der Waals surface area (Å²) in [5.41, 5.74) is 2.83. The molecule has 8 heteroatoms. The monoisotopic (exact) mass is 441 g/mol. The maximum Gasteiger partial charge on any atom is 0.324 e. The summed E-state index contributed by atoms with van der Waals surface area (Å²) in [5.74, 6) is 0. The minimum absolute atomic E-state index is 0.0558. The molecule has 0 fully saturated rings. The number of hydrogen-bond acceptors (Lipinski definition) is 4. The molecule has 0 bridgehead atoms. The van der Waals surface area contributed by atoms with Gasteiger partial charge in [0, 0.05) is 31.7 Å². The van der Waals surface area contributed by atoms with Gasteiger partial charge in [0.1, 0.15) is 5.71 Å². The van der Waals surface area contributed by atoms with Crippen molar-refractivity contribution in [1.29, 1.82) is 0 Å². The van der Waals surface area contributed by atoms with Crippen LogP contribution in [0.4, 0.5) is 19.3 Å². The normalized spacial score (nSPS) is 13.3. The standard InChI is InChI=1S/C24H29F2N5O/c1-4-30(15-14-29(2)3)24(32)31(20-8-6-5-7-9-20)17-18-10-12-19(13-11-18)21-16-22(23(25)26)28-27-21/h5-13,23H,4,14-17H2,1-3H3. The highest BCUT2D eigenvalue weighted by molar-refractivity contribution is 6.15. The molecule has 2 aromatic carbocycles. The van der Waals surface area contributed by atoms with Crippen molar-refractivity contribution in [1.82, 2.24) is 9.80 Å². The van der Waals surface area contributed by atoms with Crippen LogP contribution in [-0.2, 0) is 6.54 Å². The molecule has 0 atom stereocenters. The van der Waals surface area contributed by atoms with Crippen molar-refractivity contribution in [3.63, 3.8) is 0 Å². The van der Waals surface area contributed by atoms with Crippen LogP contribution in [0.15, 0.2) is 64.8 Å². The maximum absolute atomic E-state index is 13.4. The van der Waals surface area contributed by atoms with Gasteiger partial charge in [0.05, 0.1) is 12.3 Å². The van der Waals surface area contributed by atoms with Gasteiger partial charge >= 0.3 is 6.03 Å². The molecule has 2 aromatic rings. The number of rotatable bonds is 9. The molecule has 6 nitrogen and oxygen atoms in total. The van der Waals surface area contributed by atoms with Crippen molar-refractivity contribution in [2.45, 2.75) is 26.3 Å². The summed E-state index contributed by atoms with van der Waals surface area (Å²) >= 11 is 0. The van der Waals surface area contributed by atoms with Crippen LogP contribution in [-0.4, -0.2) is 67.4 Å². The van der Waals surface area contributed by atoms with Crippen LogP contribution < -0.4 is 4.90 Å². The molecule has 0 spiro atoms. The van der Waals surface area contributed by atoms with Crippen molar-refractivity contribution in [3.05, 3.63) is 65.7 Å². The van der Waals surface area contributed by atoms with E-state index in [0.717, 1.165) is 23.4 Å². The van der Waals surface area contributed by atoms with Crippen LogP contribution in [0.2, 0.25) is 0 Å². The lowest BCUT2D eigenvalue weighted by Gasteiger charge is -2.31. The minimum atomic E-state index is -2.59. The fourth-order valence-corrected chi connectivity index (χ4v) is 3.39. The zero-order valence-corrected chi connectivity index (χ0v) is 18.7. The molecule has 170 valence electrons. The predicted molar refractivity (Wildman–Crippen MR) is 125 cm³/mol. The molecule has 0 aliphatic carbocycles. The zero-order valence-electron chi connectivity index (χ0n) is 18.7. The lowest BCUT2D eigenvalue weighted by molar-refractivity contribution is 0.201. The molecule has 0 radical (unpaired) electrons. The number of halogens is 2. The summed E-state index contributed by atoms with van der Waals surface area (Å²) < 4.78 is 25.6. The molecule has 1 aliphatic heterocycles. The second-order valence-electron chi connectivity index (χ2n) is 7.90. The van der Waals surface area contributed by atoms with Crippen molar-refractivity contribution < 1.29 is 13.6 Å². The number of hydrogen-bond donors (Lipinski definition) is 0. The van der Waals surface area contributed by atoms with E-state index in [4.69, 9.17) is 0 Å². The number of urea groups is 1. The number of anilines is 1. The minimum Gasteiger partial charge on any atom is -0.323 e. The van der Waals surface area contributed by atoms with Crippen LogP contribution in [0.25, 0.3) is 0 Å². The number of nitrogens with zero attached hydrogens (tertiary/aromatic N) is 5. The third-order valence-electron chi connectivity index (χ3n) is 5.30. The molecule has 0 saturated heterocycles. The van der Waals surface area contributed by atoms with Gasteiger partial charge in [-0.3, -0.25) is 4.90 Å². The first-order valence-electron chi connectivity index (χ1n) is 10.7. The Hall–Kier alpha value is -3.13. The number of likely N-dealkylation sites (N-methyl/N-ethyl adjacent to an activating group) is 2. The van der Waals surface area contributed by atoms with Gasteiger partial charge in [-0.25, -0.2) is 13.6 Å². The highest BCUT2D eigenvalue weighted by atomic mass is 19.3. The van der Waals surface area contributed by atoms with Crippen LogP contribution in [0.3, 0.4) is 0 Å². The van der Waals surface area contributed by atoms with E-state index in [1.54, 1.807) is 4.90 Å². The van der Waals surface area contributed by atoms with Crippen LogP contribution in [0.1, 0.15) is 24.5 Å². The first kappa shape index (κ1) is 23.5. The second-order valence-corrected chi connectivity index (χ2v) is 7.90. The Kier molecular flexibility index (Phi) is 8.05. The number of alkyl halides is 2. The Morgan fingerprint density at radius 3 is 2.25 bits per heavy atom. The lowest BCUT2D eigenvalue weighted by atomic mass is 10.0. The van der Waals surface area contributed by atoms with Gasteiger partial charge in [0.2, 0.25) is 0 Å². The molecular formula is C24H29F2N5O. The molecule has 1 aliphatic rings. The van der Waals surface area contributed by atoms with Gasteiger partial charge in [-0.05, 0) is 44.3 Å². The second kappa shape index (κ2) is 10.9. The summed E-state index contributed by atoms with van der Waals surface area (Å²) in [7, 11) is 3.97. The number of carbonyl (C=O) groups is 1.